The van der Waals surface area contributed by atoms with Gasteiger partial charge in [-0.25, -0.2) is 18.9 Å². The number of nitrogens with one attached hydrogen (secondary N) is 2. The lowest BCUT2D eigenvalue weighted by Gasteiger charge is -2.30. The van der Waals surface area contributed by atoms with E-state index >= 15 is 0 Å². The minimum Gasteiger partial charge on any atom is -0.492 e. The number of pyridine rings is 1. The molecular formula is C35H44FN5O9. The number of aromatic nitrogens is 2. The lowest BCUT2D eigenvalue weighted by Crippen LogP contribution is -2.43. The summed E-state index contributed by atoms with van der Waals surface area (Å²) in [5.41, 5.74) is 1.34. The maximum atomic E-state index is 14.9. The number of nitrogens with zero attached hydrogens (tertiary/aromatic N) is 3. The molecule has 15 heteroatoms. The molecule has 50 heavy (non-hydrogen) atoms. The van der Waals surface area contributed by atoms with Crippen LogP contribution in [0.15, 0.2) is 36.7 Å². The summed E-state index contributed by atoms with van der Waals surface area (Å²) in [6, 6.07) is 6.04. The van der Waals surface area contributed by atoms with Crippen LogP contribution in [0.3, 0.4) is 0 Å². The Morgan fingerprint density at radius 3 is 2.60 bits per heavy atom. The number of fused-ring (bicyclic) bond motifs is 1. The molecule has 3 N–H and O–H groups in total. The summed E-state index contributed by atoms with van der Waals surface area (Å²) in [5, 5.41) is 13.2. The summed E-state index contributed by atoms with van der Waals surface area (Å²) in [7, 11) is 4.36. The van der Waals surface area contributed by atoms with E-state index < -0.39 is 35.6 Å². The molecule has 14 nitrogen and oxygen atoms in total. The number of H-pyrrole nitrogens is 1. The lowest BCUT2D eigenvalue weighted by molar-refractivity contribution is -0.107. The summed E-state index contributed by atoms with van der Waals surface area (Å²) in [4.78, 5) is 49.0. The van der Waals surface area contributed by atoms with Crippen LogP contribution >= 0.6 is 0 Å². The number of amides is 3. The number of carbonyl (C=O) groups excluding carboxylic acids is 2. The first kappa shape index (κ1) is 36.4. The summed E-state index contributed by atoms with van der Waals surface area (Å²) in [6.45, 7) is 6.63. The number of likely N-dealkylation sites (tertiary alicyclic amines) is 1. The van der Waals surface area contributed by atoms with E-state index in [0.29, 0.717) is 55.1 Å². The molecule has 0 radical (unpaired) electrons. The van der Waals surface area contributed by atoms with Gasteiger partial charge in [-0.1, -0.05) is 6.07 Å². The molecule has 2 aliphatic rings. The van der Waals surface area contributed by atoms with Crippen molar-refractivity contribution in [2.75, 3.05) is 52.9 Å². The molecule has 1 saturated heterocycles. The number of para-hydroxylation sites is 1. The van der Waals surface area contributed by atoms with Gasteiger partial charge in [-0.05, 0) is 58.2 Å². The number of ether oxygens (including phenoxy) is 5. The molecule has 2 atom stereocenters. The van der Waals surface area contributed by atoms with Crippen molar-refractivity contribution in [1.82, 2.24) is 19.8 Å². The van der Waals surface area contributed by atoms with Gasteiger partial charge in [-0.2, -0.15) is 0 Å². The van der Waals surface area contributed by atoms with E-state index in [2.05, 4.69) is 15.3 Å². The van der Waals surface area contributed by atoms with Crippen LogP contribution in [0, 0.1) is 11.7 Å². The smallest absolute Gasteiger partial charge is 0.414 e. The fraction of sp³-hybridized carbons (Fsp3) is 0.486. The van der Waals surface area contributed by atoms with Crippen molar-refractivity contribution >= 4 is 29.5 Å². The molecule has 5 rings (SSSR count). The number of methoxy groups -OCH3 is 3. The van der Waals surface area contributed by atoms with Gasteiger partial charge in [0.05, 0.1) is 42.5 Å². The molecule has 1 fully saturated rings. The highest BCUT2D eigenvalue weighted by molar-refractivity contribution is 6.11. The van der Waals surface area contributed by atoms with Crippen molar-refractivity contribution in [3.8, 4) is 22.8 Å². The second-order valence-corrected chi connectivity index (χ2v) is 13.2. The number of carbonyl (C=O) groups is 3. The van der Waals surface area contributed by atoms with Crippen molar-refractivity contribution in [3.05, 3.63) is 53.7 Å². The standard InChI is InChI=1S/C35H44FN5O9/c1-35(2,3)50-34(45)40-15-13-20(17-40)19-49-25-16-37-14-12-22(25)29-30(38-24-9-7-8-23(36)31(24)48-6)27-28(39-29)21(10-11-26(46-4)47-5)18-41(32(27)42)33(43)44/h7-9,12,14,16,20-21,26,38-39H,10-11,13,15,17-19H2,1-6H3,(H,43,44). The number of benzene rings is 1. The Balaban J connectivity index is 1.54. The van der Waals surface area contributed by atoms with E-state index in [-0.39, 0.29) is 47.9 Å². The second kappa shape index (κ2) is 15.3. The Bertz CT molecular complexity index is 1700. The van der Waals surface area contributed by atoms with Crippen LogP contribution in [0.25, 0.3) is 11.3 Å². The Labute approximate surface area is 289 Å². The third-order valence-electron chi connectivity index (χ3n) is 8.70. The number of carboxylic acid groups (broad SMARTS) is 1. The van der Waals surface area contributed by atoms with E-state index in [4.69, 9.17) is 23.7 Å². The van der Waals surface area contributed by atoms with E-state index in [9.17, 15) is 23.9 Å². The maximum absolute atomic E-state index is 14.9. The number of imide groups is 1. The quantitative estimate of drug-likeness (QED) is 0.184. The Morgan fingerprint density at radius 2 is 1.92 bits per heavy atom. The van der Waals surface area contributed by atoms with Crippen LogP contribution < -0.4 is 14.8 Å². The highest BCUT2D eigenvalue weighted by atomic mass is 19.1. The zero-order valence-corrected chi connectivity index (χ0v) is 29.1. The maximum Gasteiger partial charge on any atom is 0.414 e. The molecule has 1 aromatic carbocycles. The fourth-order valence-corrected chi connectivity index (χ4v) is 6.29. The number of rotatable bonds is 12. The van der Waals surface area contributed by atoms with Gasteiger partial charge in [0.2, 0.25) is 0 Å². The zero-order valence-electron chi connectivity index (χ0n) is 29.1. The molecule has 0 bridgehead atoms. The highest BCUT2D eigenvalue weighted by Crippen LogP contribution is 2.46. The van der Waals surface area contributed by atoms with Gasteiger partial charge >= 0.3 is 12.2 Å². The number of halogens is 1. The summed E-state index contributed by atoms with van der Waals surface area (Å²) in [6.07, 6.45) is 2.34. The van der Waals surface area contributed by atoms with Crippen LogP contribution in [0.5, 0.6) is 11.5 Å². The first-order chi connectivity index (χ1) is 23.8. The largest absolute Gasteiger partial charge is 0.492 e. The van der Waals surface area contributed by atoms with Crippen molar-refractivity contribution in [2.24, 2.45) is 5.92 Å². The van der Waals surface area contributed by atoms with Gasteiger partial charge in [0.1, 0.15) is 11.4 Å². The molecule has 3 amide bonds. The summed E-state index contributed by atoms with van der Waals surface area (Å²) in [5.74, 6) is -1.52. The Morgan fingerprint density at radius 1 is 1.16 bits per heavy atom. The minimum atomic E-state index is -1.40. The lowest BCUT2D eigenvalue weighted by atomic mass is 9.91. The monoisotopic (exact) mass is 697 g/mol. The molecule has 0 saturated carbocycles. The minimum absolute atomic E-state index is 0.0196. The Hall–Kier alpha value is -4.89. The van der Waals surface area contributed by atoms with Crippen molar-refractivity contribution in [3.63, 3.8) is 0 Å². The fourth-order valence-electron chi connectivity index (χ4n) is 6.29. The summed E-state index contributed by atoms with van der Waals surface area (Å²) < 4.78 is 42.8. The van der Waals surface area contributed by atoms with Crippen LogP contribution in [0.4, 0.5) is 25.4 Å². The van der Waals surface area contributed by atoms with Crippen LogP contribution in [-0.4, -0.2) is 102 Å². The van der Waals surface area contributed by atoms with Gasteiger partial charge in [0, 0.05) is 63.1 Å². The SMILES string of the molecule is COc1c(F)cccc1Nc1c(-c2ccncc2OCC2CCN(C(=O)OC(C)(C)C)C2)[nH]c2c1C(=O)N(C(=O)O)CC2CCC(OC)OC. The van der Waals surface area contributed by atoms with E-state index in [0.717, 1.165) is 4.90 Å². The van der Waals surface area contributed by atoms with Crippen molar-refractivity contribution < 1.29 is 47.6 Å². The van der Waals surface area contributed by atoms with Crippen LogP contribution in [0.2, 0.25) is 0 Å². The molecule has 2 aliphatic heterocycles. The molecule has 0 spiro atoms. The van der Waals surface area contributed by atoms with Crippen molar-refractivity contribution in [2.45, 2.75) is 57.8 Å². The van der Waals surface area contributed by atoms with E-state index in [1.54, 1.807) is 29.4 Å². The predicted octanol–water partition coefficient (Wildman–Crippen LogP) is 6.22. The first-order valence-corrected chi connectivity index (χ1v) is 16.4. The van der Waals surface area contributed by atoms with Gasteiger partial charge in [-0.3, -0.25) is 9.78 Å². The van der Waals surface area contributed by atoms with Gasteiger partial charge in [0.15, 0.2) is 17.9 Å². The van der Waals surface area contributed by atoms with Gasteiger partial charge < -0.3 is 44.0 Å². The number of hydrogen-bond donors (Lipinski definition) is 3. The molecule has 0 aliphatic carbocycles. The second-order valence-electron chi connectivity index (χ2n) is 13.2. The van der Waals surface area contributed by atoms with E-state index in [1.165, 1.54) is 33.5 Å². The third kappa shape index (κ3) is 7.94. The number of aromatic amines is 1. The molecule has 2 unspecified atom stereocenters. The van der Waals surface area contributed by atoms with Gasteiger partial charge in [0.25, 0.3) is 5.91 Å². The van der Waals surface area contributed by atoms with Crippen LogP contribution in [0.1, 0.15) is 62.0 Å². The van der Waals surface area contributed by atoms with Gasteiger partial charge in [-0.15, -0.1) is 0 Å². The molecule has 2 aromatic heterocycles. The molecule has 270 valence electrons. The average molecular weight is 698 g/mol. The number of hydrogen-bond acceptors (Lipinski definition) is 10. The van der Waals surface area contributed by atoms with E-state index in [1.807, 2.05) is 20.8 Å². The zero-order chi connectivity index (χ0) is 36.2. The van der Waals surface area contributed by atoms with Crippen LogP contribution in [-0.2, 0) is 14.2 Å². The number of anilines is 2. The molecule has 4 heterocycles. The molecule has 3 aromatic rings. The normalized spacial score (nSPS) is 17.6. The average Bonchev–Trinajstić information content (AvgIpc) is 3.70. The Kier molecular flexibility index (Phi) is 11.2. The first-order valence-electron chi connectivity index (χ1n) is 16.4. The summed E-state index contributed by atoms with van der Waals surface area (Å²) >= 11 is 0. The molecular weight excluding hydrogens is 653 g/mol. The van der Waals surface area contributed by atoms with Crippen molar-refractivity contribution in [1.29, 1.82) is 0 Å². The highest BCUT2D eigenvalue weighted by Gasteiger charge is 2.40. The predicted molar refractivity (Wildman–Crippen MR) is 181 cm³/mol. The topological polar surface area (TPSA) is 165 Å². The third-order valence-corrected chi connectivity index (χ3v) is 8.70.